The van der Waals surface area contributed by atoms with Crippen molar-refractivity contribution in [1.29, 1.82) is 0 Å². The molecule has 0 bridgehead atoms. The second kappa shape index (κ2) is 7.51. The highest BCUT2D eigenvalue weighted by atomic mass is 35.5. The number of ether oxygens (including phenoxy) is 1. The molecular weight excluding hydrogens is 282 g/mol. The van der Waals surface area contributed by atoms with E-state index in [1.54, 1.807) is 7.11 Å². The Morgan fingerprint density at radius 3 is 2.38 bits per heavy atom. The Hall–Kier alpha value is -0.730. The van der Waals surface area contributed by atoms with Crippen LogP contribution in [0.1, 0.15) is 53.0 Å². The van der Waals surface area contributed by atoms with Crippen LogP contribution in [0.4, 0.5) is 0 Å². The SMILES string of the molecule is CCCC(C)(CNC(C)(C)C)Cc1cc(Cl)ccc1OC. The quantitative estimate of drug-likeness (QED) is 0.757. The molecule has 0 amide bonds. The molecule has 0 aromatic heterocycles. The normalized spacial score (nSPS) is 14.8. The summed E-state index contributed by atoms with van der Waals surface area (Å²) in [7, 11) is 1.72. The van der Waals surface area contributed by atoms with E-state index in [2.05, 4.69) is 39.9 Å². The molecule has 1 unspecified atom stereocenters. The first-order chi connectivity index (χ1) is 9.69. The van der Waals surface area contributed by atoms with Crippen molar-refractivity contribution in [2.75, 3.05) is 13.7 Å². The lowest BCUT2D eigenvalue weighted by Gasteiger charge is -2.34. The minimum absolute atomic E-state index is 0.132. The van der Waals surface area contributed by atoms with E-state index in [1.807, 2.05) is 18.2 Å². The maximum atomic E-state index is 6.16. The predicted octanol–water partition coefficient (Wildman–Crippen LogP) is 5.09. The van der Waals surface area contributed by atoms with Gasteiger partial charge in [-0.1, -0.05) is 31.9 Å². The maximum absolute atomic E-state index is 6.16. The third kappa shape index (κ3) is 6.27. The fourth-order valence-electron chi connectivity index (χ4n) is 2.67. The molecule has 0 radical (unpaired) electrons. The van der Waals surface area contributed by atoms with E-state index in [4.69, 9.17) is 16.3 Å². The minimum Gasteiger partial charge on any atom is -0.496 e. The zero-order chi connectivity index (χ0) is 16.1. The Kier molecular flexibility index (Phi) is 6.55. The molecule has 1 N–H and O–H groups in total. The number of benzene rings is 1. The topological polar surface area (TPSA) is 21.3 Å². The predicted molar refractivity (Wildman–Crippen MR) is 92.5 cm³/mol. The zero-order valence-corrected chi connectivity index (χ0v) is 15.1. The number of methoxy groups -OCH3 is 1. The van der Waals surface area contributed by atoms with E-state index in [1.165, 1.54) is 18.4 Å². The van der Waals surface area contributed by atoms with Gasteiger partial charge >= 0.3 is 0 Å². The summed E-state index contributed by atoms with van der Waals surface area (Å²) < 4.78 is 5.49. The van der Waals surface area contributed by atoms with Crippen LogP contribution >= 0.6 is 11.6 Å². The molecule has 0 aliphatic carbocycles. The number of nitrogens with one attached hydrogen (secondary N) is 1. The second-order valence-corrected chi connectivity index (χ2v) is 7.73. The Morgan fingerprint density at radius 2 is 1.86 bits per heavy atom. The van der Waals surface area contributed by atoms with Crippen LogP contribution in [0, 0.1) is 5.41 Å². The van der Waals surface area contributed by atoms with Crippen molar-refractivity contribution in [3.8, 4) is 5.75 Å². The van der Waals surface area contributed by atoms with Crippen LogP contribution in [0.15, 0.2) is 18.2 Å². The van der Waals surface area contributed by atoms with Gasteiger partial charge in [0, 0.05) is 17.1 Å². The van der Waals surface area contributed by atoms with Crippen molar-refractivity contribution in [3.63, 3.8) is 0 Å². The molecule has 0 heterocycles. The van der Waals surface area contributed by atoms with E-state index in [0.717, 1.165) is 23.7 Å². The van der Waals surface area contributed by atoms with Crippen molar-refractivity contribution >= 4 is 11.6 Å². The lowest BCUT2D eigenvalue weighted by molar-refractivity contribution is 0.241. The molecule has 1 aromatic rings. The molecule has 0 saturated carbocycles. The first kappa shape index (κ1) is 18.3. The van der Waals surface area contributed by atoms with E-state index >= 15 is 0 Å². The number of hydrogen-bond donors (Lipinski definition) is 1. The average molecular weight is 312 g/mol. The molecular formula is C18H30ClNO. The fourth-order valence-corrected chi connectivity index (χ4v) is 2.86. The molecule has 1 rings (SSSR count). The van der Waals surface area contributed by atoms with Gasteiger partial charge in [0.2, 0.25) is 0 Å². The largest absolute Gasteiger partial charge is 0.496 e. The fraction of sp³-hybridized carbons (Fsp3) is 0.667. The summed E-state index contributed by atoms with van der Waals surface area (Å²) in [6.07, 6.45) is 3.31. The smallest absolute Gasteiger partial charge is 0.122 e. The minimum atomic E-state index is 0.132. The van der Waals surface area contributed by atoms with Gasteiger partial charge in [0.25, 0.3) is 0 Å². The first-order valence-electron chi connectivity index (χ1n) is 7.76. The van der Waals surface area contributed by atoms with Crippen LogP contribution < -0.4 is 10.1 Å². The van der Waals surface area contributed by atoms with Crippen molar-refractivity contribution in [1.82, 2.24) is 5.32 Å². The van der Waals surface area contributed by atoms with Gasteiger partial charge in [-0.15, -0.1) is 0 Å². The highest BCUT2D eigenvalue weighted by molar-refractivity contribution is 6.30. The van der Waals surface area contributed by atoms with Crippen LogP contribution in [-0.2, 0) is 6.42 Å². The first-order valence-corrected chi connectivity index (χ1v) is 8.14. The highest BCUT2D eigenvalue weighted by Crippen LogP contribution is 2.33. The molecule has 1 atom stereocenters. The standard InChI is InChI=1S/C18H30ClNO/c1-7-10-18(5,13-20-17(2,3)4)12-14-11-15(19)8-9-16(14)21-6/h8-9,11,20H,7,10,12-13H2,1-6H3. The summed E-state index contributed by atoms with van der Waals surface area (Å²) in [6.45, 7) is 12.2. The molecule has 0 fully saturated rings. The van der Waals surface area contributed by atoms with Crippen LogP contribution in [-0.4, -0.2) is 19.2 Å². The van der Waals surface area contributed by atoms with Gasteiger partial charge in [-0.3, -0.25) is 0 Å². The Bertz CT molecular complexity index is 453. The van der Waals surface area contributed by atoms with Gasteiger partial charge in [0.15, 0.2) is 0 Å². The summed E-state index contributed by atoms with van der Waals surface area (Å²) in [5.41, 5.74) is 1.52. The zero-order valence-electron chi connectivity index (χ0n) is 14.3. The molecule has 2 nitrogen and oxygen atoms in total. The second-order valence-electron chi connectivity index (χ2n) is 7.30. The summed E-state index contributed by atoms with van der Waals surface area (Å²) >= 11 is 6.16. The summed E-state index contributed by atoms with van der Waals surface area (Å²) in [4.78, 5) is 0. The Morgan fingerprint density at radius 1 is 1.19 bits per heavy atom. The van der Waals surface area contributed by atoms with E-state index < -0.39 is 0 Å². The van der Waals surface area contributed by atoms with E-state index in [9.17, 15) is 0 Å². The number of hydrogen-bond acceptors (Lipinski definition) is 2. The van der Waals surface area contributed by atoms with E-state index in [0.29, 0.717) is 0 Å². The van der Waals surface area contributed by atoms with Gasteiger partial charge in [-0.25, -0.2) is 0 Å². The highest BCUT2D eigenvalue weighted by Gasteiger charge is 2.27. The summed E-state index contributed by atoms with van der Waals surface area (Å²) in [5, 5.41) is 4.42. The van der Waals surface area contributed by atoms with Crippen LogP contribution in [0.2, 0.25) is 5.02 Å². The van der Waals surface area contributed by atoms with Crippen LogP contribution in [0.3, 0.4) is 0 Å². The third-order valence-electron chi connectivity index (χ3n) is 3.76. The molecule has 120 valence electrons. The van der Waals surface area contributed by atoms with Gasteiger partial charge in [-0.2, -0.15) is 0 Å². The Labute approximate surface area is 135 Å². The van der Waals surface area contributed by atoms with Crippen LogP contribution in [0.5, 0.6) is 5.75 Å². The third-order valence-corrected chi connectivity index (χ3v) is 3.99. The van der Waals surface area contributed by atoms with Crippen molar-refractivity contribution in [3.05, 3.63) is 28.8 Å². The van der Waals surface area contributed by atoms with E-state index in [-0.39, 0.29) is 11.0 Å². The van der Waals surface area contributed by atoms with Gasteiger partial charge in [0.05, 0.1) is 7.11 Å². The monoisotopic (exact) mass is 311 g/mol. The lowest BCUT2D eigenvalue weighted by Crippen LogP contribution is -2.43. The molecule has 0 aliphatic heterocycles. The van der Waals surface area contributed by atoms with Gasteiger partial charge < -0.3 is 10.1 Å². The molecule has 21 heavy (non-hydrogen) atoms. The van der Waals surface area contributed by atoms with Gasteiger partial charge in [0.1, 0.15) is 5.75 Å². The Balaban J connectivity index is 2.93. The molecule has 0 spiro atoms. The molecule has 0 aliphatic rings. The summed E-state index contributed by atoms with van der Waals surface area (Å²) in [6, 6.07) is 5.88. The lowest BCUT2D eigenvalue weighted by atomic mass is 9.79. The number of halogens is 1. The average Bonchev–Trinajstić information content (AvgIpc) is 2.36. The maximum Gasteiger partial charge on any atom is 0.122 e. The van der Waals surface area contributed by atoms with Gasteiger partial charge in [-0.05, 0) is 62.8 Å². The molecule has 3 heteroatoms. The molecule has 1 aromatic carbocycles. The van der Waals surface area contributed by atoms with Crippen molar-refractivity contribution in [2.24, 2.45) is 5.41 Å². The molecule has 0 saturated heterocycles. The van der Waals surface area contributed by atoms with Crippen molar-refractivity contribution < 1.29 is 4.74 Å². The van der Waals surface area contributed by atoms with Crippen LogP contribution in [0.25, 0.3) is 0 Å². The number of rotatable bonds is 7. The summed E-state index contributed by atoms with van der Waals surface area (Å²) in [5.74, 6) is 0.928. The van der Waals surface area contributed by atoms with Crippen molar-refractivity contribution in [2.45, 2.75) is 59.4 Å².